The summed E-state index contributed by atoms with van der Waals surface area (Å²) >= 11 is 5.92. The van der Waals surface area contributed by atoms with Crippen molar-refractivity contribution in [3.63, 3.8) is 0 Å². The summed E-state index contributed by atoms with van der Waals surface area (Å²) in [4.78, 5) is 14.4. The first-order chi connectivity index (χ1) is 13.1. The van der Waals surface area contributed by atoms with Crippen molar-refractivity contribution in [1.29, 1.82) is 0 Å². The van der Waals surface area contributed by atoms with Crippen LogP contribution in [0.5, 0.6) is 0 Å². The molecule has 4 nitrogen and oxygen atoms in total. The van der Waals surface area contributed by atoms with Gasteiger partial charge in [0.05, 0.1) is 0 Å². The van der Waals surface area contributed by atoms with E-state index >= 15 is 0 Å². The molecule has 144 valence electrons. The van der Waals surface area contributed by atoms with E-state index in [4.69, 9.17) is 11.6 Å². The summed E-state index contributed by atoms with van der Waals surface area (Å²) in [5.41, 5.74) is 2.13. The molecule has 0 saturated carbocycles. The van der Waals surface area contributed by atoms with Crippen LogP contribution in [0.3, 0.4) is 0 Å². The molecule has 0 radical (unpaired) electrons. The highest BCUT2D eigenvalue weighted by molar-refractivity contribution is 6.30. The quantitative estimate of drug-likeness (QED) is 0.784. The van der Waals surface area contributed by atoms with Crippen molar-refractivity contribution in [2.75, 3.05) is 19.6 Å². The molecule has 3 rings (SSSR count). The summed E-state index contributed by atoms with van der Waals surface area (Å²) in [5.74, 6) is -0.248. The number of hydrogen-bond acceptors (Lipinski definition) is 2. The number of halogens is 2. The van der Waals surface area contributed by atoms with Gasteiger partial charge in [-0.05, 0) is 54.7 Å². The van der Waals surface area contributed by atoms with Crippen molar-refractivity contribution in [1.82, 2.24) is 15.5 Å². The van der Waals surface area contributed by atoms with Gasteiger partial charge in [0.2, 0.25) is 0 Å². The van der Waals surface area contributed by atoms with Gasteiger partial charge in [-0.1, -0.05) is 35.9 Å². The monoisotopic (exact) mass is 389 g/mol. The summed E-state index contributed by atoms with van der Waals surface area (Å²) in [5, 5.41) is 6.65. The topological polar surface area (TPSA) is 44.4 Å². The van der Waals surface area contributed by atoms with Crippen molar-refractivity contribution >= 4 is 17.6 Å². The largest absolute Gasteiger partial charge is 0.338 e. The van der Waals surface area contributed by atoms with Crippen molar-refractivity contribution in [3.05, 3.63) is 70.5 Å². The number of benzene rings is 2. The average Bonchev–Trinajstić information content (AvgIpc) is 2.65. The third-order valence-corrected chi connectivity index (χ3v) is 5.08. The van der Waals surface area contributed by atoms with Gasteiger partial charge in [-0.2, -0.15) is 0 Å². The van der Waals surface area contributed by atoms with Gasteiger partial charge in [0.25, 0.3) is 0 Å². The minimum Gasteiger partial charge on any atom is -0.338 e. The number of nitrogens with zero attached hydrogens (tertiary/aromatic N) is 1. The lowest BCUT2D eigenvalue weighted by molar-refractivity contribution is 0.186. The number of hydrogen-bond donors (Lipinski definition) is 2. The number of piperidine rings is 1. The molecule has 2 aromatic carbocycles. The Morgan fingerprint density at radius 3 is 2.56 bits per heavy atom. The number of carbonyl (C=O) groups excluding carboxylic acids is 1. The van der Waals surface area contributed by atoms with E-state index in [1.54, 1.807) is 6.07 Å². The third-order valence-electron chi connectivity index (χ3n) is 4.83. The Hall–Kier alpha value is -2.11. The van der Waals surface area contributed by atoms with E-state index in [0.717, 1.165) is 43.1 Å². The first-order valence-corrected chi connectivity index (χ1v) is 9.72. The van der Waals surface area contributed by atoms with E-state index in [2.05, 4.69) is 27.7 Å². The van der Waals surface area contributed by atoms with Crippen molar-refractivity contribution < 1.29 is 9.18 Å². The van der Waals surface area contributed by atoms with Crippen molar-refractivity contribution in [3.8, 4) is 0 Å². The van der Waals surface area contributed by atoms with Crippen LogP contribution < -0.4 is 10.6 Å². The molecular formula is C21H25ClFN3O. The fourth-order valence-electron chi connectivity index (χ4n) is 3.33. The van der Waals surface area contributed by atoms with Gasteiger partial charge in [0.15, 0.2) is 0 Å². The molecule has 1 heterocycles. The fourth-order valence-corrected chi connectivity index (χ4v) is 3.46. The molecular weight excluding hydrogens is 365 g/mol. The Kier molecular flexibility index (Phi) is 7.07. The molecule has 0 unspecified atom stereocenters. The predicted octanol–water partition coefficient (Wildman–Crippen LogP) is 3.99. The first kappa shape index (κ1) is 19.6. The lowest BCUT2D eigenvalue weighted by atomic mass is 10.0. The molecule has 0 aromatic heterocycles. The Morgan fingerprint density at radius 1 is 1.11 bits per heavy atom. The predicted molar refractivity (Wildman–Crippen MR) is 106 cm³/mol. The number of amides is 2. The molecule has 2 N–H and O–H groups in total. The Balaban J connectivity index is 1.33. The minimum absolute atomic E-state index is 0.150. The maximum absolute atomic E-state index is 13.1. The summed E-state index contributed by atoms with van der Waals surface area (Å²) in [7, 11) is 0. The number of urea groups is 1. The van der Waals surface area contributed by atoms with Crippen LogP contribution in [-0.2, 0) is 13.0 Å². The highest BCUT2D eigenvalue weighted by Gasteiger charge is 2.20. The van der Waals surface area contributed by atoms with E-state index in [0.29, 0.717) is 13.0 Å². The van der Waals surface area contributed by atoms with Gasteiger partial charge >= 0.3 is 6.03 Å². The second-order valence-corrected chi connectivity index (χ2v) is 7.39. The SMILES string of the molecule is O=C(NCCc1cccc(F)c1)NC1CCN(Cc2ccc(Cl)cc2)CC1. The zero-order valence-electron chi connectivity index (χ0n) is 15.3. The summed E-state index contributed by atoms with van der Waals surface area (Å²) < 4.78 is 13.1. The van der Waals surface area contributed by atoms with Crippen LogP contribution in [0.4, 0.5) is 9.18 Å². The van der Waals surface area contributed by atoms with Crippen LogP contribution in [0.1, 0.15) is 24.0 Å². The van der Waals surface area contributed by atoms with E-state index in [1.165, 1.54) is 17.7 Å². The van der Waals surface area contributed by atoms with Crippen LogP contribution in [-0.4, -0.2) is 36.6 Å². The van der Waals surface area contributed by atoms with Gasteiger partial charge < -0.3 is 10.6 Å². The smallest absolute Gasteiger partial charge is 0.315 e. The summed E-state index contributed by atoms with van der Waals surface area (Å²) in [6, 6.07) is 14.4. The zero-order valence-corrected chi connectivity index (χ0v) is 16.0. The van der Waals surface area contributed by atoms with Gasteiger partial charge in [-0.3, -0.25) is 4.90 Å². The lowest BCUT2D eigenvalue weighted by Crippen LogP contribution is -2.48. The standard InChI is InChI=1S/C21H25ClFN3O/c22-18-6-4-17(5-7-18)15-26-12-9-20(10-13-26)25-21(27)24-11-8-16-2-1-3-19(23)14-16/h1-7,14,20H,8-13,15H2,(H2,24,25,27). The molecule has 1 saturated heterocycles. The molecule has 1 aliphatic rings. The first-order valence-electron chi connectivity index (χ1n) is 9.34. The molecule has 0 atom stereocenters. The molecule has 2 amide bonds. The van der Waals surface area contributed by atoms with Gasteiger partial charge in [0.1, 0.15) is 5.82 Å². The zero-order chi connectivity index (χ0) is 19.1. The van der Waals surface area contributed by atoms with E-state index < -0.39 is 0 Å². The second kappa shape index (κ2) is 9.72. The van der Waals surface area contributed by atoms with E-state index in [1.807, 2.05) is 18.2 Å². The lowest BCUT2D eigenvalue weighted by Gasteiger charge is -2.32. The molecule has 0 spiro atoms. The Bertz CT molecular complexity index is 745. The molecule has 1 fully saturated rings. The number of rotatable bonds is 6. The molecule has 2 aromatic rings. The number of nitrogens with one attached hydrogen (secondary N) is 2. The summed E-state index contributed by atoms with van der Waals surface area (Å²) in [6.45, 7) is 3.31. The third kappa shape index (κ3) is 6.52. The van der Waals surface area contributed by atoms with E-state index in [-0.39, 0.29) is 17.9 Å². The van der Waals surface area contributed by atoms with Gasteiger partial charge in [-0.15, -0.1) is 0 Å². The van der Waals surface area contributed by atoms with Gasteiger partial charge in [-0.25, -0.2) is 9.18 Å². The van der Waals surface area contributed by atoms with Gasteiger partial charge in [0, 0.05) is 37.2 Å². The van der Waals surface area contributed by atoms with E-state index in [9.17, 15) is 9.18 Å². The highest BCUT2D eigenvalue weighted by Crippen LogP contribution is 2.16. The molecule has 1 aliphatic heterocycles. The van der Waals surface area contributed by atoms with Crippen molar-refractivity contribution in [2.24, 2.45) is 0 Å². The highest BCUT2D eigenvalue weighted by atomic mass is 35.5. The molecule has 0 aliphatic carbocycles. The van der Waals surface area contributed by atoms with Crippen LogP contribution in [0.25, 0.3) is 0 Å². The molecule has 0 bridgehead atoms. The average molecular weight is 390 g/mol. The minimum atomic E-state index is -0.248. The maximum atomic E-state index is 13.1. The number of likely N-dealkylation sites (tertiary alicyclic amines) is 1. The Labute approximate surface area is 164 Å². The van der Waals surface area contributed by atoms with Crippen LogP contribution in [0.2, 0.25) is 5.02 Å². The van der Waals surface area contributed by atoms with Crippen molar-refractivity contribution in [2.45, 2.75) is 31.8 Å². The number of carbonyl (C=O) groups is 1. The normalized spacial score (nSPS) is 15.5. The second-order valence-electron chi connectivity index (χ2n) is 6.96. The van der Waals surface area contributed by atoms with Crippen LogP contribution in [0.15, 0.2) is 48.5 Å². The fraction of sp³-hybridized carbons (Fsp3) is 0.381. The summed E-state index contributed by atoms with van der Waals surface area (Å²) in [6.07, 6.45) is 2.49. The Morgan fingerprint density at radius 2 is 1.85 bits per heavy atom. The van der Waals surface area contributed by atoms with Crippen LogP contribution >= 0.6 is 11.6 Å². The van der Waals surface area contributed by atoms with Crippen LogP contribution in [0, 0.1) is 5.82 Å². The maximum Gasteiger partial charge on any atom is 0.315 e. The molecule has 6 heteroatoms. The molecule has 27 heavy (non-hydrogen) atoms.